The number of aromatic carboxylic acids is 1. The van der Waals surface area contributed by atoms with Crippen molar-refractivity contribution in [3.05, 3.63) is 40.4 Å². The molecule has 2 heterocycles. The van der Waals surface area contributed by atoms with Crippen molar-refractivity contribution in [3.63, 3.8) is 0 Å². The Labute approximate surface area is 201 Å². The predicted molar refractivity (Wildman–Crippen MR) is 126 cm³/mol. The number of aliphatic hydroxyl groups is 1. The molecule has 1 saturated heterocycles. The second-order valence-electron chi connectivity index (χ2n) is 8.71. The molecule has 1 aromatic carbocycles. The van der Waals surface area contributed by atoms with Gasteiger partial charge >= 0.3 is 11.9 Å². The maximum absolute atomic E-state index is 12.8. The molecule has 2 amide bonds. The zero-order chi connectivity index (χ0) is 25.2. The summed E-state index contributed by atoms with van der Waals surface area (Å²) in [6.45, 7) is 5.62. The van der Waals surface area contributed by atoms with Gasteiger partial charge in [-0.05, 0) is 31.5 Å². The number of rotatable bonds is 8. The molecule has 10 nitrogen and oxygen atoms in total. The highest BCUT2D eigenvalue weighted by atomic mass is 32.2. The van der Waals surface area contributed by atoms with E-state index in [1.54, 1.807) is 19.1 Å². The van der Waals surface area contributed by atoms with Crippen molar-refractivity contribution in [2.24, 2.45) is 11.8 Å². The standard InChI is InChI=1S/C23H29N3O7S/c1-11-10-26(21(29)12(2)13(3)27)18(23(32)33)19(11)34-16-8-17(24-9-16)20(28)25-15-6-4-5-14(7-15)22(30)31/h4-7,11-13,16-17,24,27H,8-10H2,1-3H3,(H,25,28)(H,30,31)(H,32,33). The van der Waals surface area contributed by atoms with Crippen molar-refractivity contribution >= 4 is 41.2 Å². The Balaban J connectivity index is 1.69. The number of amides is 2. The maximum atomic E-state index is 12.8. The molecule has 1 fully saturated rings. The fourth-order valence-corrected chi connectivity index (χ4v) is 5.43. The molecule has 34 heavy (non-hydrogen) atoms. The lowest BCUT2D eigenvalue weighted by Crippen LogP contribution is -2.39. The lowest BCUT2D eigenvalue weighted by atomic mass is 10.0. The molecule has 5 unspecified atom stereocenters. The summed E-state index contributed by atoms with van der Waals surface area (Å²) >= 11 is 1.36. The Morgan fingerprint density at radius 2 is 1.88 bits per heavy atom. The van der Waals surface area contributed by atoms with Crippen LogP contribution in [-0.2, 0) is 14.4 Å². The van der Waals surface area contributed by atoms with Gasteiger partial charge in [0.05, 0.1) is 23.6 Å². The summed E-state index contributed by atoms with van der Waals surface area (Å²) in [4.78, 5) is 50.4. The minimum Gasteiger partial charge on any atom is -0.478 e. The number of aliphatic hydroxyl groups excluding tert-OH is 1. The highest BCUT2D eigenvalue weighted by molar-refractivity contribution is 8.03. The van der Waals surface area contributed by atoms with Crippen molar-refractivity contribution in [2.75, 3.05) is 18.4 Å². The molecule has 0 bridgehead atoms. The first kappa shape index (κ1) is 25.7. The first-order valence-corrected chi connectivity index (χ1v) is 11.9. The van der Waals surface area contributed by atoms with E-state index in [1.807, 2.05) is 6.92 Å². The van der Waals surface area contributed by atoms with Gasteiger partial charge in [0.1, 0.15) is 5.70 Å². The normalized spacial score (nSPS) is 24.1. The number of nitrogens with zero attached hydrogens (tertiary/aromatic N) is 1. The van der Waals surface area contributed by atoms with Crippen molar-refractivity contribution < 1.29 is 34.5 Å². The van der Waals surface area contributed by atoms with Crippen LogP contribution in [0.2, 0.25) is 0 Å². The second kappa shape index (κ2) is 10.6. The van der Waals surface area contributed by atoms with E-state index in [2.05, 4.69) is 10.6 Å². The molecule has 184 valence electrons. The molecule has 3 rings (SSSR count). The molecule has 5 atom stereocenters. The van der Waals surface area contributed by atoms with Gasteiger partial charge in [0.25, 0.3) is 0 Å². The minimum atomic E-state index is -1.20. The third-order valence-electron chi connectivity index (χ3n) is 6.07. The van der Waals surface area contributed by atoms with Gasteiger partial charge in [0.15, 0.2) is 0 Å². The summed E-state index contributed by atoms with van der Waals surface area (Å²) in [6.07, 6.45) is -0.458. The van der Waals surface area contributed by atoms with Crippen LogP contribution in [0, 0.1) is 11.8 Å². The fourth-order valence-electron chi connectivity index (χ4n) is 3.99. The highest BCUT2D eigenvalue weighted by Gasteiger charge is 2.41. The van der Waals surface area contributed by atoms with Gasteiger partial charge in [-0.15, -0.1) is 11.8 Å². The van der Waals surface area contributed by atoms with Crippen molar-refractivity contribution in [3.8, 4) is 0 Å². The number of carbonyl (C=O) groups excluding carboxylic acids is 2. The van der Waals surface area contributed by atoms with Gasteiger partial charge in [-0.3, -0.25) is 9.59 Å². The van der Waals surface area contributed by atoms with Crippen molar-refractivity contribution in [1.29, 1.82) is 0 Å². The molecule has 0 aliphatic carbocycles. The van der Waals surface area contributed by atoms with E-state index in [1.165, 1.54) is 35.7 Å². The number of thioether (sulfide) groups is 1. The summed E-state index contributed by atoms with van der Waals surface area (Å²) in [7, 11) is 0. The average Bonchev–Trinajstić information content (AvgIpc) is 3.38. The van der Waals surface area contributed by atoms with Crippen LogP contribution in [-0.4, -0.2) is 74.5 Å². The fraction of sp³-hybridized carbons (Fsp3) is 0.478. The Morgan fingerprint density at radius 3 is 2.50 bits per heavy atom. The lowest BCUT2D eigenvalue weighted by Gasteiger charge is -2.23. The van der Waals surface area contributed by atoms with E-state index in [0.717, 1.165) is 0 Å². The molecule has 5 N–H and O–H groups in total. The predicted octanol–water partition coefficient (Wildman–Crippen LogP) is 1.58. The average molecular weight is 492 g/mol. The van der Waals surface area contributed by atoms with Crippen LogP contribution in [0.5, 0.6) is 0 Å². The number of carboxylic acid groups (broad SMARTS) is 2. The van der Waals surface area contributed by atoms with E-state index in [4.69, 9.17) is 5.11 Å². The number of hydrogen-bond acceptors (Lipinski definition) is 7. The number of anilines is 1. The second-order valence-corrected chi connectivity index (χ2v) is 10.1. The summed E-state index contributed by atoms with van der Waals surface area (Å²) in [6, 6.07) is 5.45. The smallest absolute Gasteiger partial charge is 0.353 e. The zero-order valence-corrected chi connectivity index (χ0v) is 20.0. The summed E-state index contributed by atoms with van der Waals surface area (Å²) in [5, 5.41) is 34.5. The first-order chi connectivity index (χ1) is 16.0. The third-order valence-corrected chi connectivity index (χ3v) is 7.61. The molecular weight excluding hydrogens is 462 g/mol. The zero-order valence-electron chi connectivity index (χ0n) is 19.1. The number of benzene rings is 1. The Bertz CT molecular complexity index is 1030. The van der Waals surface area contributed by atoms with Gasteiger partial charge in [-0.1, -0.05) is 19.9 Å². The first-order valence-electron chi connectivity index (χ1n) is 11.0. The van der Waals surface area contributed by atoms with E-state index in [-0.39, 0.29) is 34.9 Å². The van der Waals surface area contributed by atoms with Crippen LogP contribution in [0.25, 0.3) is 0 Å². The van der Waals surface area contributed by atoms with E-state index < -0.39 is 35.9 Å². The SMILES string of the molecule is CC1CN(C(=O)C(C)C(C)O)C(C(=O)O)=C1SC1CNC(C(=O)Nc2cccc(C(=O)O)c2)C1. The number of nitrogens with one attached hydrogen (secondary N) is 2. The largest absolute Gasteiger partial charge is 0.478 e. The van der Waals surface area contributed by atoms with E-state index in [9.17, 15) is 29.4 Å². The molecule has 1 aromatic rings. The summed E-state index contributed by atoms with van der Waals surface area (Å²) < 4.78 is 0. The molecule has 2 aliphatic rings. The maximum Gasteiger partial charge on any atom is 0.353 e. The Hall–Kier alpha value is -2.89. The number of carbonyl (C=O) groups is 4. The van der Waals surface area contributed by atoms with E-state index >= 15 is 0 Å². The van der Waals surface area contributed by atoms with Gasteiger partial charge in [-0.25, -0.2) is 9.59 Å². The van der Waals surface area contributed by atoms with Crippen LogP contribution in [0.1, 0.15) is 37.6 Å². The van der Waals surface area contributed by atoms with Gasteiger partial charge in [-0.2, -0.15) is 0 Å². The number of aliphatic carboxylic acids is 1. The van der Waals surface area contributed by atoms with Crippen LogP contribution in [0.3, 0.4) is 0 Å². The van der Waals surface area contributed by atoms with Gasteiger partial charge < -0.3 is 30.9 Å². The van der Waals surface area contributed by atoms with Crippen molar-refractivity contribution in [2.45, 2.75) is 44.6 Å². The lowest BCUT2D eigenvalue weighted by molar-refractivity contribution is -0.142. The number of hydrogen-bond donors (Lipinski definition) is 5. The van der Waals surface area contributed by atoms with Crippen LogP contribution in [0.15, 0.2) is 34.9 Å². The Kier molecular flexibility index (Phi) is 8.01. The third kappa shape index (κ3) is 5.60. The topological polar surface area (TPSA) is 156 Å². The Morgan fingerprint density at radius 1 is 1.18 bits per heavy atom. The molecule has 2 aliphatic heterocycles. The quantitative estimate of drug-likeness (QED) is 0.364. The number of carboxylic acids is 2. The molecule has 0 aromatic heterocycles. The molecule has 0 radical (unpaired) electrons. The molecule has 0 spiro atoms. The van der Waals surface area contributed by atoms with Gasteiger partial charge in [0.2, 0.25) is 11.8 Å². The summed E-state index contributed by atoms with van der Waals surface area (Å²) in [5.41, 5.74) is 0.385. The van der Waals surface area contributed by atoms with Crippen molar-refractivity contribution in [1.82, 2.24) is 10.2 Å². The monoisotopic (exact) mass is 491 g/mol. The van der Waals surface area contributed by atoms with Crippen LogP contribution < -0.4 is 10.6 Å². The molecule has 11 heteroatoms. The molecular formula is C23H29N3O7S. The molecule has 0 saturated carbocycles. The minimum absolute atomic E-state index is 0.0617. The van der Waals surface area contributed by atoms with Crippen LogP contribution in [0.4, 0.5) is 5.69 Å². The van der Waals surface area contributed by atoms with Gasteiger partial charge in [0, 0.05) is 34.8 Å². The van der Waals surface area contributed by atoms with Crippen LogP contribution >= 0.6 is 11.8 Å². The van der Waals surface area contributed by atoms with E-state index in [0.29, 0.717) is 23.6 Å². The highest BCUT2D eigenvalue weighted by Crippen LogP contribution is 2.41. The summed E-state index contributed by atoms with van der Waals surface area (Å²) in [5.74, 6) is -3.94.